The van der Waals surface area contributed by atoms with Gasteiger partial charge in [-0.15, -0.1) is 0 Å². The van der Waals surface area contributed by atoms with Gasteiger partial charge in [-0.1, -0.05) is 23.7 Å². The fourth-order valence-corrected chi connectivity index (χ4v) is 1.85. The summed E-state index contributed by atoms with van der Waals surface area (Å²) < 4.78 is 19.4. The first kappa shape index (κ1) is 14.3. The molecule has 0 fully saturated rings. The van der Waals surface area contributed by atoms with Crippen molar-refractivity contribution >= 4 is 11.6 Å². The van der Waals surface area contributed by atoms with E-state index in [0.29, 0.717) is 10.3 Å². The average molecular weight is 299 g/mol. The van der Waals surface area contributed by atoms with Crippen LogP contribution in [-0.2, 0) is 6.54 Å². The maximum Gasteiger partial charge on any atom is 0.329 e. The number of hydrogen-bond donors (Lipinski definition) is 1. The van der Waals surface area contributed by atoms with E-state index in [1.165, 1.54) is 0 Å². The number of aromatic nitrogens is 2. The minimum Gasteiger partial charge on any atom is -0.492 e. The summed E-state index contributed by atoms with van der Waals surface area (Å²) in [4.78, 5) is 25.1. The monoisotopic (exact) mass is 298 g/mol. The quantitative estimate of drug-likeness (QED) is 0.874. The minimum atomic E-state index is -1.18. The highest BCUT2D eigenvalue weighted by atomic mass is 35.5. The smallest absolute Gasteiger partial charge is 0.329 e. The summed E-state index contributed by atoms with van der Waals surface area (Å²) in [6.07, 6.45) is 0. The van der Waals surface area contributed by atoms with Gasteiger partial charge in [-0.3, -0.25) is 14.3 Å². The molecule has 0 spiro atoms. The van der Waals surface area contributed by atoms with Crippen molar-refractivity contribution < 1.29 is 9.13 Å². The molecule has 0 atom stereocenters. The van der Waals surface area contributed by atoms with Crippen LogP contribution >= 0.6 is 11.6 Å². The Balaban J connectivity index is 2.11. The van der Waals surface area contributed by atoms with Crippen LogP contribution < -0.4 is 16.0 Å². The number of aromatic amines is 1. The number of H-pyrrole nitrogens is 1. The summed E-state index contributed by atoms with van der Waals surface area (Å²) >= 11 is 5.36. The molecule has 0 aliphatic heterocycles. The van der Waals surface area contributed by atoms with Crippen molar-refractivity contribution in [2.24, 2.45) is 0 Å². The molecule has 2 aromatic rings. The molecule has 0 aliphatic rings. The third-order valence-corrected chi connectivity index (χ3v) is 2.92. The molecule has 1 aromatic carbocycles. The summed E-state index contributed by atoms with van der Waals surface area (Å²) in [6, 6.07) is 7.31. The lowest BCUT2D eigenvalue weighted by molar-refractivity contribution is 0.291. The number of benzene rings is 1. The maximum atomic E-state index is 13.3. The normalized spacial score (nSPS) is 10.6. The molecule has 1 N–H and O–H groups in total. The van der Waals surface area contributed by atoms with Crippen molar-refractivity contribution in [1.29, 1.82) is 0 Å². The number of halogens is 2. The Bertz CT molecular complexity index is 739. The summed E-state index contributed by atoms with van der Waals surface area (Å²) in [5.41, 5.74) is -0.809. The topological polar surface area (TPSA) is 64.1 Å². The molecular formula is C13H12ClFN2O3. The van der Waals surface area contributed by atoms with Crippen LogP contribution in [0.3, 0.4) is 0 Å². The van der Waals surface area contributed by atoms with E-state index in [4.69, 9.17) is 16.3 Å². The summed E-state index contributed by atoms with van der Waals surface area (Å²) in [6.45, 7) is 1.90. The van der Waals surface area contributed by atoms with Crippen LogP contribution in [0.4, 0.5) is 4.39 Å². The Morgan fingerprint density at radius 1 is 1.40 bits per heavy atom. The molecule has 0 radical (unpaired) electrons. The Labute approximate surface area is 118 Å². The number of aryl methyl sites for hydroxylation is 1. The second-order valence-electron chi connectivity index (χ2n) is 4.18. The molecule has 0 bridgehead atoms. The second kappa shape index (κ2) is 5.92. The van der Waals surface area contributed by atoms with Crippen LogP contribution in [0, 0.1) is 12.7 Å². The highest BCUT2D eigenvalue weighted by molar-refractivity contribution is 6.29. The maximum absolute atomic E-state index is 13.3. The van der Waals surface area contributed by atoms with Crippen LogP contribution in [0.5, 0.6) is 5.75 Å². The number of nitrogens with zero attached hydrogens (tertiary/aromatic N) is 1. The number of ether oxygens (including phenoxy) is 1. The molecule has 0 amide bonds. The van der Waals surface area contributed by atoms with E-state index in [2.05, 4.69) is 0 Å². The SMILES string of the molecule is Cc1cccc(OCCn2c(=O)[nH]c(Cl)c(F)c2=O)c1. The van der Waals surface area contributed by atoms with Crippen molar-refractivity contribution in [2.75, 3.05) is 6.61 Å². The van der Waals surface area contributed by atoms with Crippen molar-refractivity contribution in [3.05, 3.63) is 61.6 Å². The number of nitrogens with one attached hydrogen (secondary N) is 1. The zero-order valence-electron chi connectivity index (χ0n) is 10.7. The molecule has 2 rings (SSSR count). The Hall–Kier alpha value is -2.08. The van der Waals surface area contributed by atoms with Gasteiger partial charge < -0.3 is 4.74 Å². The second-order valence-corrected chi connectivity index (χ2v) is 4.56. The lowest BCUT2D eigenvalue weighted by atomic mass is 10.2. The lowest BCUT2D eigenvalue weighted by Crippen LogP contribution is -2.38. The molecule has 0 aliphatic carbocycles. The molecule has 1 aromatic heterocycles. The van der Waals surface area contributed by atoms with Crippen LogP contribution in [0.2, 0.25) is 5.15 Å². The van der Waals surface area contributed by atoms with Gasteiger partial charge in [0, 0.05) is 0 Å². The van der Waals surface area contributed by atoms with Gasteiger partial charge in [-0.05, 0) is 24.6 Å². The van der Waals surface area contributed by atoms with Crippen molar-refractivity contribution in [1.82, 2.24) is 9.55 Å². The van der Waals surface area contributed by atoms with Crippen molar-refractivity contribution in [3.8, 4) is 5.75 Å². The van der Waals surface area contributed by atoms with Crippen LogP contribution in [-0.4, -0.2) is 16.2 Å². The fraction of sp³-hybridized carbons (Fsp3) is 0.231. The Morgan fingerprint density at radius 2 is 2.15 bits per heavy atom. The Kier molecular flexibility index (Phi) is 4.24. The first-order valence-electron chi connectivity index (χ1n) is 5.86. The zero-order valence-corrected chi connectivity index (χ0v) is 11.4. The lowest BCUT2D eigenvalue weighted by Gasteiger charge is -2.08. The molecule has 0 saturated heterocycles. The van der Waals surface area contributed by atoms with Gasteiger partial charge in [-0.25, -0.2) is 4.79 Å². The molecule has 1 heterocycles. The van der Waals surface area contributed by atoms with Gasteiger partial charge in [0.25, 0.3) is 5.56 Å². The highest BCUT2D eigenvalue weighted by Gasteiger charge is 2.11. The van der Waals surface area contributed by atoms with E-state index < -0.39 is 22.2 Å². The van der Waals surface area contributed by atoms with Crippen LogP contribution in [0.25, 0.3) is 0 Å². The zero-order chi connectivity index (χ0) is 14.7. The molecular weight excluding hydrogens is 287 g/mol. The van der Waals surface area contributed by atoms with E-state index >= 15 is 0 Å². The molecule has 106 valence electrons. The highest BCUT2D eigenvalue weighted by Crippen LogP contribution is 2.12. The Morgan fingerprint density at radius 3 is 2.85 bits per heavy atom. The summed E-state index contributed by atoms with van der Waals surface area (Å²) in [5.74, 6) is -0.564. The molecule has 0 saturated carbocycles. The van der Waals surface area contributed by atoms with Crippen molar-refractivity contribution in [3.63, 3.8) is 0 Å². The van der Waals surface area contributed by atoms with E-state index in [0.717, 1.165) is 5.56 Å². The first-order valence-corrected chi connectivity index (χ1v) is 6.24. The van der Waals surface area contributed by atoms with Gasteiger partial charge in [0.2, 0.25) is 5.82 Å². The van der Waals surface area contributed by atoms with Gasteiger partial charge in [0.15, 0.2) is 5.15 Å². The van der Waals surface area contributed by atoms with Gasteiger partial charge >= 0.3 is 5.69 Å². The van der Waals surface area contributed by atoms with Crippen LogP contribution in [0.1, 0.15) is 5.56 Å². The van der Waals surface area contributed by atoms with Gasteiger partial charge in [0.1, 0.15) is 12.4 Å². The summed E-state index contributed by atoms with van der Waals surface area (Å²) in [7, 11) is 0. The predicted octanol–water partition coefficient (Wildman–Crippen LogP) is 1.72. The largest absolute Gasteiger partial charge is 0.492 e. The number of rotatable bonds is 4. The minimum absolute atomic E-state index is 0.0630. The molecule has 0 unspecified atom stereocenters. The number of hydrogen-bond acceptors (Lipinski definition) is 3. The van der Waals surface area contributed by atoms with E-state index in [1.807, 2.05) is 30.1 Å². The molecule has 5 nitrogen and oxygen atoms in total. The van der Waals surface area contributed by atoms with Crippen LogP contribution in [0.15, 0.2) is 33.9 Å². The summed E-state index contributed by atoms with van der Waals surface area (Å²) in [5, 5.41) is -0.587. The average Bonchev–Trinajstić information content (AvgIpc) is 2.40. The van der Waals surface area contributed by atoms with E-state index in [9.17, 15) is 14.0 Å². The third-order valence-electron chi connectivity index (χ3n) is 2.66. The standard InChI is InChI=1S/C13H12ClFN2O3/c1-8-3-2-4-9(7-8)20-6-5-17-12(18)10(15)11(14)16-13(17)19/h2-4,7H,5-6H2,1H3,(H,16,19). The van der Waals surface area contributed by atoms with Gasteiger partial charge in [0.05, 0.1) is 6.54 Å². The third kappa shape index (κ3) is 3.08. The molecule has 20 heavy (non-hydrogen) atoms. The van der Waals surface area contributed by atoms with Gasteiger partial charge in [-0.2, -0.15) is 4.39 Å². The van der Waals surface area contributed by atoms with E-state index in [-0.39, 0.29) is 13.2 Å². The predicted molar refractivity (Wildman–Crippen MR) is 73.0 cm³/mol. The van der Waals surface area contributed by atoms with Crippen molar-refractivity contribution in [2.45, 2.75) is 13.5 Å². The molecule has 7 heteroatoms. The van der Waals surface area contributed by atoms with E-state index in [1.54, 1.807) is 6.07 Å². The first-order chi connectivity index (χ1) is 9.49. The fourth-order valence-electron chi connectivity index (χ4n) is 1.68.